The number of piperidine rings is 1. The molecular formula is C24H36N2O2. The van der Waals surface area contributed by atoms with E-state index in [-0.39, 0.29) is 5.92 Å². The van der Waals surface area contributed by atoms with Gasteiger partial charge in [0.25, 0.3) is 0 Å². The molecule has 1 N–H and O–H groups in total. The van der Waals surface area contributed by atoms with Gasteiger partial charge >= 0.3 is 0 Å². The van der Waals surface area contributed by atoms with Crippen LogP contribution in [0.3, 0.4) is 0 Å². The van der Waals surface area contributed by atoms with Crippen molar-refractivity contribution < 1.29 is 9.53 Å². The highest BCUT2D eigenvalue weighted by atomic mass is 16.5. The molecule has 1 aromatic carbocycles. The van der Waals surface area contributed by atoms with Crippen LogP contribution >= 0.6 is 0 Å². The number of hydrogen-bond donors (Lipinski definition) is 1. The van der Waals surface area contributed by atoms with Gasteiger partial charge in [0.1, 0.15) is 11.5 Å². The first-order valence-corrected chi connectivity index (χ1v) is 11.6. The summed E-state index contributed by atoms with van der Waals surface area (Å²) >= 11 is 0. The number of ketones is 1. The molecule has 0 amide bonds. The molecule has 28 heavy (non-hydrogen) atoms. The van der Waals surface area contributed by atoms with Crippen molar-refractivity contribution in [1.82, 2.24) is 4.90 Å². The van der Waals surface area contributed by atoms with E-state index in [1.807, 2.05) is 0 Å². The summed E-state index contributed by atoms with van der Waals surface area (Å²) in [7, 11) is 0. The summed E-state index contributed by atoms with van der Waals surface area (Å²) in [6.07, 6.45) is 11.8. The molecule has 1 aromatic rings. The van der Waals surface area contributed by atoms with Gasteiger partial charge in [0.15, 0.2) is 0 Å². The van der Waals surface area contributed by atoms with Crippen LogP contribution in [0.25, 0.3) is 0 Å². The molecule has 0 radical (unpaired) electrons. The van der Waals surface area contributed by atoms with Gasteiger partial charge in [0, 0.05) is 30.6 Å². The number of hydrogen-bond acceptors (Lipinski definition) is 4. The number of likely N-dealkylation sites (tertiary alicyclic amines) is 1. The molecule has 4 heteroatoms. The Bertz CT molecular complexity index is 648. The zero-order valence-electron chi connectivity index (χ0n) is 17.3. The first-order valence-electron chi connectivity index (χ1n) is 11.6. The van der Waals surface area contributed by atoms with Gasteiger partial charge in [-0.1, -0.05) is 19.3 Å². The van der Waals surface area contributed by atoms with Crippen molar-refractivity contribution in [1.29, 1.82) is 0 Å². The van der Waals surface area contributed by atoms with E-state index in [4.69, 9.17) is 4.74 Å². The van der Waals surface area contributed by atoms with Gasteiger partial charge in [-0.3, -0.25) is 4.79 Å². The second-order valence-corrected chi connectivity index (χ2v) is 8.92. The summed E-state index contributed by atoms with van der Waals surface area (Å²) in [5.41, 5.74) is 2.48. The van der Waals surface area contributed by atoms with Crippen LogP contribution in [0, 0.1) is 11.8 Å². The van der Waals surface area contributed by atoms with Gasteiger partial charge in [0.05, 0.1) is 6.61 Å². The minimum Gasteiger partial charge on any atom is -0.494 e. The minimum absolute atomic E-state index is 0.171. The van der Waals surface area contributed by atoms with Crippen molar-refractivity contribution in [2.45, 2.75) is 64.2 Å². The van der Waals surface area contributed by atoms with E-state index in [9.17, 15) is 4.79 Å². The topological polar surface area (TPSA) is 41.6 Å². The van der Waals surface area contributed by atoms with Gasteiger partial charge in [-0.2, -0.15) is 0 Å². The van der Waals surface area contributed by atoms with Crippen LogP contribution < -0.4 is 10.1 Å². The lowest BCUT2D eigenvalue weighted by Crippen LogP contribution is -2.31. The summed E-state index contributed by atoms with van der Waals surface area (Å²) < 4.78 is 6.04. The molecule has 154 valence electrons. The lowest BCUT2D eigenvalue weighted by molar-refractivity contribution is -0.126. The fraction of sp³-hybridized carbons (Fsp3) is 0.708. The van der Waals surface area contributed by atoms with Crippen LogP contribution in [0.1, 0.15) is 63.4 Å². The Morgan fingerprint density at radius 2 is 1.86 bits per heavy atom. The van der Waals surface area contributed by atoms with Crippen molar-refractivity contribution in [3.05, 3.63) is 23.8 Å². The number of aryl methyl sites for hydroxylation is 1. The SMILES string of the molecule is O=C(C1CCCC1)C1CCc2cc(OCCCN3CCCCC3)ccc2NC1. The highest BCUT2D eigenvalue weighted by Gasteiger charge is 2.30. The van der Waals surface area contributed by atoms with Crippen LogP contribution in [-0.4, -0.2) is 43.5 Å². The third-order valence-corrected chi connectivity index (χ3v) is 6.87. The molecule has 2 aliphatic heterocycles. The Morgan fingerprint density at radius 1 is 1.04 bits per heavy atom. The van der Waals surface area contributed by atoms with Crippen molar-refractivity contribution in [3.8, 4) is 5.75 Å². The van der Waals surface area contributed by atoms with Crippen molar-refractivity contribution in [2.75, 3.05) is 38.1 Å². The van der Waals surface area contributed by atoms with Crippen LogP contribution in [0.5, 0.6) is 5.75 Å². The standard InChI is InChI=1S/C24H36N2O2/c27-24(19-7-2-3-8-19)21-10-9-20-17-22(11-12-23(20)25-18-21)28-16-6-15-26-13-4-1-5-14-26/h11-12,17,19,21,25H,1-10,13-16,18H2. The Balaban J connectivity index is 1.25. The molecule has 3 aliphatic rings. The molecule has 1 atom stereocenters. The number of Topliss-reactive ketones (excluding diaryl/α,β-unsaturated/α-hetero) is 1. The summed E-state index contributed by atoms with van der Waals surface area (Å²) in [6.45, 7) is 5.23. The molecular weight excluding hydrogens is 348 g/mol. The Morgan fingerprint density at radius 3 is 2.68 bits per heavy atom. The lowest BCUT2D eigenvalue weighted by atomic mass is 9.88. The van der Waals surface area contributed by atoms with E-state index in [2.05, 4.69) is 28.4 Å². The van der Waals surface area contributed by atoms with E-state index in [0.29, 0.717) is 11.7 Å². The highest BCUT2D eigenvalue weighted by Crippen LogP contribution is 2.32. The predicted octanol–water partition coefficient (Wildman–Crippen LogP) is 4.68. The second kappa shape index (κ2) is 9.78. The number of carbonyl (C=O) groups is 1. The first kappa shape index (κ1) is 19.8. The van der Waals surface area contributed by atoms with Gasteiger partial charge in [-0.05, 0) is 81.8 Å². The van der Waals surface area contributed by atoms with Crippen LogP contribution in [0.4, 0.5) is 5.69 Å². The number of anilines is 1. The quantitative estimate of drug-likeness (QED) is 0.694. The van der Waals surface area contributed by atoms with E-state index < -0.39 is 0 Å². The summed E-state index contributed by atoms with van der Waals surface area (Å²) in [4.78, 5) is 15.4. The number of nitrogens with one attached hydrogen (secondary N) is 1. The monoisotopic (exact) mass is 384 g/mol. The Labute approximate surface area is 170 Å². The largest absolute Gasteiger partial charge is 0.494 e. The van der Waals surface area contributed by atoms with Gasteiger partial charge in [-0.25, -0.2) is 0 Å². The number of nitrogens with zero attached hydrogens (tertiary/aromatic N) is 1. The van der Waals surface area contributed by atoms with Crippen molar-refractivity contribution in [2.24, 2.45) is 11.8 Å². The molecule has 0 aromatic heterocycles. The summed E-state index contributed by atoms with van der Waals surface area (Å²) in [6, 6.07) is 6.40. The van der Waals surface area contributed by atoms with Gasteiger partial charge in [-0.15, -0.1) is 0 Å². The second-order valence-electron chi connectivity index (χ2n) is 8.92. The maximum absolute atomic E-state index is 12.8. The highest BCUT2D eigenvalue weighted by molar-refractivity contribution is 5.84. The normalized spacial score (nSPS) is 23.6. The number of benzene rings is 1. The van der Waals surface area contributed by atoms with Crippen molar-refractivity contribution >= 4 is 11.5 Å². The molecule has 1 aliphatic carbocycles. The van der Waals surface area contributed by atoms with Crippen LogP contribution in [0.15, 0.2) is 18.2 Å². The number of carbonyl (C=O) groups excluding carboxylic acids is 1. The fourth-order valence-corrected chi connectivity index (χ4v) is 5.15. The lowest BCUT2D eigenvalue weighted by Gasteiger charge is -2.26. The van der Waals surface area contributed by atoms with Crippen LogP contribution in [0.2, 0.25) is 0 Å². The smallest absolute Gasteiger partial charge is 0.140 e. The number of fused-ring (bicyclic) bond motifs is 1. The third-order valence-electron chi connectivity index (χ3n) is 6.87. The van der Waals surface area contributed by atoms with E-state index in [0.717, 1.165) is 57.6 Å². The first-order chi connectivity index (χ1) is 13.8. The van der Waals surface area contributed by atoms with E-state index >= 15 is 0 Å². The molecule has 0 spiro atoms. The fourth-order valence-electron chi connectivity index (χ4n) is 5.15. The molecule has 1 unspecified atom stereocenters. The molecule has 2 heterocycles. The minimum atomic E-state index is 0.171. The predicted molar refractivity (Wildman–Crippen MR) is 114 cm³/mol. The van der Waals surface area contributed by atoms with Gasteiger partial charge < -0.3 is 15.0 Å². The zero-order valence-corrected chi connectivity index (χ0v) is 17.3. The summed E-state index contributed by atoms with van der Waals surface area (Å²) in [5.74, 6) is 1.97. The molecule has 4 rings (SSSR count). The third kappa shape index (κ3) is 5.08. The molecule has 0 bridgehead atoms. The molecule has 4 nitrogen and oxygen atoms in total. The van der Waals surface area contributed by atoms with E-state index in [1.165, 1.54) is 56.4 Å². The van der Waals surface area contributed by atoms with Crippen molar-refractivity contribution in [3.63, 3.8) is 0 Å². The summed E-state index contributed by atoms with van der Waals surface area (Å²) in [5, 5.41) is 3.53. The number of ether oxygens (including phenoxy) is 1. The molecule has 2 fully saturated rings. The maximum Gasteiger partial charge on any atom is 0.140 e. The molecule has 1 saturated carbocycles. The average molecular weight is 385 g/mol. The Hall–Kier alpha value is -1.55. The average Bonchev–Trinajstić information content (AvgIpc) is 3.19. The number of rotatable bonds is 7. The Kier molecular flexibility index (Phi) is 6.90. The van der Waals surface area contributed by atoms with Gasteiger partial charge in [0.2, 0.25) is 0 Å². The zero-order chi connectivity index (χ0) is 19.2. The van der Waals surface area contributed by atoms with E-state index in [1.54, 1.807) is 0 Å². The molecule has 1 saturated heterocycles. The maximum atomic E-state index is 12.8. The van der Waals surface area contributed by atoms with Crippen LogP contribution in [-0.2, 0) is 11.2 Å².